The average Bonchev–Trinajstić information content (AvgIpc) is 3.13. The van der Waals surface area contributed by atoms with Crippen molar-refractivity contribution in [1.29, 1.82) is 0 Å². The summed E-state index contributed by atoms with van der Waals surface area (Å²) in [5.41, 5.74) is 2.53. The smallest absolute Gasteiger partial charge is 0.262 e. The highest BCUT2D eigenvalue weighted by molar-refractivity contribution is 5.95. The van der Waals surface area contributed by atoms with E-state index in [4.69, 9.17) is 9.47 Å². The largest absolute Gasteiger partial charge is 0.494 e. The van der Waals surface area contributed by atoms with Crippen molar-refractivity contribution >= 4 is 23.2 Å². The Labute approximate surface area is 165 Å². The molecule has 148 valence electrons. The van der Waals surface area contributed by atoms with E-state index in [0.29, 0.717) is 18.8 Å². The lowest BCUT2D eigenvalue weighted by molar-refractivity contribution is -0.118. The Morgan fingerprint density at radius 1 is 1.11 bits per heavy atom. The highest BCUT2D eigenvalue weighted by Gasteiger charge is 2.21. The molecule has 0 unspecified atom stereocenters. The van der Waals surface area contributed by atoms with Crippen LogP contribution in [0.25, 0.3) is 0 Å². The molecule has 1 N–H and O–H groups in total. The molecule has 28 heavy (non-hydrogen) atoms. The van der Waals surface area contributed by atoms with Gasteiger partial charge in [0.05, 0.1) is 6.61 Å². The van der Waals surface area contributed by atoms with E-state index in [-0.39, 0.29) is 18.4 Å². The fourth-order valence-corrected chi connectivity index (χ4v) is 3.06. The monoisotopic (exact) mass is 382 g/mol. The van der Waals surface area contributed by atoms with Crippen molar-refractivity contribution in [2.45, 2.75) is 33.1 Å². The molecule has 1 saturated heterocycles. The fraction of sp³-hybridized carbons (Fsp3) is 0.364. The van der Waals surface area contributed by atoms with Crippen molar-refractivity contribution in [3.63, 3.8) is 0 Å². The topological polar surface area (TPSA) is 67.9 Å². The Bertz CT molecular complexity index is 833. The molecule has 0 aliphatic carbocycles. The van der Waals surface area contributed by atoms with E-state index in [0.717, 1.165) is 42.1 Å². The van der Waals surface area contributed by atoms with Gasteiger partial charge in [0.2, 0.25) is 5.91 Å². The van der Waals surface area contributed by atoms with Crippen LogP contribution in [-0.4, -0.2) is 31.6 Å². The third kappa shape index (κ3) is 5.03. The highest BCUT2D eigenvalue weighted by Crippen LogP contribution is 2.24. The summed E-state index contributed by atoms with van der Waals surface area (Å²) >= 11 is 0. The number of ether oxygens (including phenoxy) is 2. The average molecular weight is 382 g/mol. The molecular weight excluding hydrogens is 356 g/mol. The van der Waals surface area contributed by atoms with Crippen LogP contribution >= 0.6 is 0 Å². The predicted octanol–water partition coefficient (Wildman–Crippen LogP) is 3.93. The van der Waals surface area contributed by atoms with E-state index in [1.165, 1.54) is 0 Å². The second-order valence-electron chi connectivity index (χ2n) is 6.80. The van der Waals surface area contributed by atoms with Crippen molar-refractivity contribution in [3.05, 3.63) is 48.0 Å². The van der Waals surface area contributed by atoms with Crippen LogP contribution in [-0.2, 0) is 9.59 Å². The van der Waals surface area contributed by atoms with Gasteiger partial charge >= 0.3 is 0 Å². The van der Waals surface area contributed by atoms with Crippen molar-refractivity contribution in [3.8, 4) is 11.5 Å². The number of carbonyl (C=O) groups is 2. The van der Waals surface area contributed by atoms with Gasteiger partial charge in [0.15, 0.2) is 6.61 Å². The molecule has 0 bridgehead atoms. The number of aryl methyl sites for hydroxylation is 1. The first-order chi connectivity index (χ1) is 13.6. The van der Waals surface area contributed by atoms with Gasteiger partial charge in [0.1, 0.15) is 11.5 Å². The first-order valence-electron chi connectivity index (χ1n) is 9.63. The SMILES string of the molecule is CCCOc1ccc(NC(=O)COc2ccc(N3CCCC3=O)cc2)c(C)c1. The second-order valence-corrected chi connectivity index (χ2v) is 6.80. The Morgan fingerprint density at radius 2 is 1.86 bits per heavy atom. The number of rotatable bonds is 8. The van der Waals surface area contributed by atoms with E-state index >= 15 is 0 Å². The minimum absolute atomic E-state index is 0.0878. The van der Waals surface area contributed by atoms with Crippen LogP contribution in [0.2, 0.25) is 0 Å². The molecule has 0 spiro atoms. The molecule has 1 heterocycles. The highest BCUT2D eigenvalue weighted by atomic mass is 16.5. The number of hydrogen-bond donors (Lipinski definition) is 1. The van der Waals surface area contributed by atoms with Gasteiger partial charge in [0, 0.05) is 24.3 Å². The minimum atomic E-state index is -0.232. The number of benzene rings is 2. The molecule has 3 rings (SSSR count). The lowest BCUT2D eigenvalue weighted by Gasteiger charge is -2.16. The molecule has 6 nitrogen and oxygen atoms in total. The Balaban J connectivity index is 1.51. The van der Waals surface area contributed by atoms with Gasteiger partial charge in [-0.3, -0.25) is 9.59 Å². The third-order valence-electron chi connectivity index (χ3n) is 4.54. The minimum Gasteiger partial charge on any atom is -0.494 e. The van der Waals surface area contributed by atoms with Crippen LogP contribution in [0.4, 0.5) is 11.4 Å². The number of anilines is 2. The third-order valence-corrected chi connectivity index (χ3v) is 4.54. The van der Waals surface area contributed by atoms with Crippen LogP contribution in [0.1, 0.15) is 31.7 Å². The summed E-state index contributed by atoms with van der Waals surface area (Å²) in [4.78, 5) is 25.7. The first-order valence-corrected chi connectivity index (χ1v) is 9.63. The summed E-state index contributed by atoms with van der Waals surface area (Å²) < 4.78 is 11.2. The number of nitrogens with one attached hydrogen (secondary N) is 1. The maximum absolute atomic E-state index is 12.2. The van der Waals surface area contributed by atoms with E-state index in [1.54, 1.807) is 17.0 Å². The molecule has 0 atom stereocenters. The Morgan fingerprint density at radius 3 is 2.50 bits per heavy atom. The van der Waals surface area contributed by atoms with Gasteiger partial charge in [-0.2, -0.15) is 0 Å². The van der Waals surface area contributed by atoms with E-state index in [1.807, 2.05) is 37.3 Å². The number of hydrogen-bond acceptors (Lipinski definition) is 4. The van der Waals surface area contributed by atoms with Crippen molar-refractivity contribution in [2.75, 3.05) is 30.0 Å². The quantitative estimate of drug-likeness (QED) is 0.751. The van der Waals surface area contributed by atoms with Crippen LogP contribution in [0.5, 0.6) is 11.5 Å². The van der Waals surface area contributed by atoms with Gasteiger partial charge < -0.3 is 19.7 Å². The fourth-order valence-electron chi connectivity index (χ4n) is 3.06. The Kier molecular flexibility index (Phi) is 6.53. The van der Waals surface area contributed by atoms with Crippen molar-refractivity contribution in [2.24, 2.45) is 0 Å². The summed E-state index contributed by atoms with van der Waals surface area (Å²) in [7, 11) is 0. The van der Waals surface area contributed by atoms with Crippen molar-refractivity contribution < 1.29 is 19.1 Å². The van der Waals surface area contributed by atoms with Crippen LogP contribution in [0.3, 0.4) is 0 Å². The lowest BCUT2D eigenvalue weighted by Crippen LogP contribution is -2.23. The molecule has 0 saturated carbocycles. The molecule has 6 heteroatoms. The van der Waals surface area contributed by atoms with Crippen LogP contribution < -0.4 is 19.7 Å². The maximum atomic E-state index is 12.2. The zero-order chi connectivity index (χ0) is 19.9. The van der Waals surface area contributed by atoms with Gasteiger partial charge in [-0.15, -0.1) is 0 Å². The number of carbonyl (C=O) groups excluding carboxylic acids is 2. The van der Waals surface area contributed by atoms with Gasteiger partial charge in [-0.05, 0) is 67.8 Å². The molecule has 2 aromatic carbocycles. The standard InChI is InChI=1S/C22H26N2O4/c1-3-13-27-19-10-11-20(16(2)14-19)23-21(25)15-28-18-8-6-17(7-9-18)24-12-4-5-22(24)26/h6-11,14H,3-5,12-13,15H2,1-2H3,(H,23,25). The normalized spacial score (nSPS) is 13.5. The number of amides is 2. The van der Waals surface area contributed by atoms with Gasteiger partial charge in [0.25, 0.3) is 5.91 Å². The molecule has 1 aliphatic heterocycles. The van der Waals surface area contributed by atoms with Crippen molar-refractivity contribution in [1.82, 2.24) is 0 Å². The molecular formula is C22H26N2O4. The molecule has 2 amide bonds. The molecule has 1 fully saturated rings. The molecule has 0 aromatic heterocycles. The zero-order valence-corrected chi connectivity index (χ0v) is 16.4. The maximum Gasteiger partial charge on any atom is 0.262 e. The second kappa shape index (κ2) is 9.26. The summed E-state index contributed by atoms with van der Waals surface area (Å²) in [5.74, 6) is 1.30. The molecule has 2 aromatic rings. The molecule has 1 aliphatic rings. The summed E-state index contributed by atoms with van der Waals surface area (Å²) in [6.45, 7) is 5.32. The summed E-state index contributed by atoms with van der Waals surface area (Å²) in [6.07, 6.45) is 2.44. The Hall–Kier alpha value is -3.02. The zero-order valence-electron chi connectivity index (χ0n) is 16.4. The van der Waals surface area contributed by atoms with Crippen LogP contribution in [0.15, 0.2) is 42.5 Å². The van der Waals surface area contributed by atoms with Gasteiger partial charge in [-0.1, -0.05) is 6.92 Å². The summed E-state index contributed by atoms with van der Waals surface area (Å²) in [6, 6.07) is 12.8. The van der Waals surface area contributed by atoms with E-state index in [9.17, 15) is 9.59 Å². The number of nitrogens with zero attached hydrogens (tertiary/aromatic N) is 1. The molecule has 0 radical (unpaired) electrons. The lowest BCUT2D eigenvalue weighted by atomic mass is 10.2. The predicted molar refractivity (Wildman–Crippen MR) is 109 cm³/mol. The van der Waals surface area contributed by atoms with Gasteiger partial charge in [-0.25, -0.2) is 0 Å². The first kappa shape index (κ1) is 19.7. The van der Waals surface area contributed by atoms with E-state index < -0.39 is 0 Å². The van der Waals surface area contributed by atoms with E-state index in [2.05, 4.69) is 12.2 Å². The van der Waals surface area contributed by atoms with Crippen LogP contribution in [0, 0.1) is 6.92 Å². The summed E-state index contributed by atoms with van der Waals surface area (Å²) in [5, 5.41) is 2.85.